The van der Waals surface area contributed by atoms with E-state index in [2.05, 4.69) is 26.0 Å². The van der Waals surface area contributed by atoms with Gasteiger partial charge in [-0.3, -0.25) is 4.79 Å². The third kappa shape index (κ3) is 3.32. The van der Waals surface area contributed by atoms with Gasteiger partial charge in [-0.2, -0.15) is 0 Å². The van der Waals surface area contributed by atoms with Crippen molar-refractivity contribution >= 4 is 5.78 Å². The van der Waals surface area contributed by atoms with Gasteiger partial charge in [0.25, 0.3) is 0 Å². The molecule has 0 N–H and O–H groups in total. The van der Waals surface area contributed by atoms with Gasteiger partial charge in [-0.05, 0) is 45.1 Å². The van der Waals surface area contributed by atoms with E-state index in [0.29, 0.717) is 6.42 Å². The molecule has 1 aromatic carbocycles. The molecule has 0 bridgehead atoms. The molecule has 0 aliphatic heterocycles. The summed E-state index contributed by atoms with van der Waals surface area (Å²) in [5, 5.41) is 0. The number of hydrogen-bond donors (Lipinski definition) is 0. The molecule has 0 radical (unpaired) electrons. The zero-order chi connectivity index (χ0) is 12.4. The van der Waals surface area contributed by atoms with Gasteiger partial charge >= 0.3 is 0 Å². The smallest absolute Gasteiger partial charge is 0.134 e. The molecule has 0 spiro atoms. The Balaban J connectivity index is 2.21. The number of Topliss-reactive ketones (excluding diaryl/α,β-unsaturated/α-hetero) is 1. The quantitative estimate of drug-likeness (QED) is 0.779. The van der Waals surface area contributed by atoms with E-state index in [1.165, 1.54) is 18.4 Å². The van der Waals surface area contributed by atoms with Crippen LogP contribution in [0.3, 0.4) is 0 Å². The number of rotatable bonds is 5. The third-order valence-corrected chi connectivity index (χ3v) is 3.10. The van der Waals surface area contributed by atoms with Crippen LogP contribution in [0.15, 0.2) is 12.1 Å². The number of ketones is 1. The highest BCUT2D eigenvalue weighted by atomic mass is 16.5. The predicted molar refractivity (Wildman–Crippen MR) is 68.5 cm³/mol. The highest BCUT2D eigenvalue weighted by Gasteiger charge is 2.23. The minimum Gasteiger partial charge on any atom is -0.493 e. The van der Waals surface area contributed by atoms with Crippen molar-refractivity contribution < 1.29 is 9.53 Å². The van der Waals surface area contributed by atoms with E-state index in [1.54, 1.807) is 6.92 Å². The fourth-order valence-corrected chi connectivity index (χ4v) is 2.13. The van der Waals surface area contributed by atoms with Crippen LogP contribution >= 0.6 is 0 Å². The molecule has 1 aliphatic carbocycles. The number of benzene rings is 1. The summed E-state index contributed by atoms with van der Waals surface area (Å²) in [4.78, 5) is 11.3. The molecule has 1 fully saturated rings. The van der Waals surface area contributed by atoms with Gasteiger partial charge in [0.05, 0.1) is 6.61 Å². The second-order valence-electron chi connectivity index (χ2n) is 5.20. The molecular formula is C15H20O2. The van der Waals surface area contributed by atoms with Crippen LogP contribution in [0.1, 0.15) is 36.5 Å². The highest BCUT2D eigenvalue weighted by molar-refractivity contribution is 5.79. The molecule has 0 unspecified atom stereocenters. The predicted octanol–water partition coefficient (Wildman–Crippen LogP) is 3.22. The molecule has 1 aliphatic rings. The molecule has 17 heavy (non-hydrogen) atoms. The number of aryl methyl sites for hydroxylation is 2. The molecule has 1 aromatic rings. The molecule has 0 heterocycles. The van der Waals surface area contributed by atoms with Crippen LogP contribution in [-0.4, -0.2) is 12.4 Å². The Kier molecular flexibility index (Phi) is 3.51. The van der Waals surface area contributed by atoms with Gasteiger partial charge < -0.3 is 4.74 Å². The lowest BCUT2D eigenvalue weighted by Crippen LogP contribution is -2.06. The zero-order valence-electron chi connectivity index (χ0n) is 10.9. The van der Waals surface area contributed by atoms with E-state index in [1.807, 2.05) is 0 Å². The van der Waals surface area contributed by atoms with Crippen molar-refractivity contribution in [3.05, 3.63) is 28.8 Å². The van der Waals surface area contributed by atoms with Crippen LogP contribution in [0.25, 0.3) is 0 Å². The van der Waals surface area contributed by atoms with Gasteiger partial charge in [0, 0.05) is 12.0 Å². The molecular weight excluding hydrogens is 212 g/mol. The first kappa shape index (κ1) is 12.2. The standard InChI is InChI=1S/C15H20O2/c1-10-6-11(2)15(17-9-13-4-5-13)14(7-10)8-12(3)16/h6-7,13H,4-5,8-9H2,1-3H3. The summed E-state index contributed by atoms with van der Waals surface area (Å²) in [6.45, 7) is 6.54. The Morgan fingerprint density at radius 1 is 1.35 bits per heavy atom. The van der Waals surface area contributed by atoms with Crippen LogP contribution in [0, 0.1) is 19.8 Å². The summed E-state index contributed by atoms with van der Waals surface area (Å²) in [7, 11) is 0. The molecule has 0 saturated heterocycles. The minimum atomic E-state index is 0.186. The number of carbonyl (C=O) groups is 1. The van der Waals surface area contributed by atoms with Crippen LogP contribution in [0.2, 0.25) is 0 Å². The average molecular weight is 232 g/mol. The van der Waals surface area contributed by atoms with Crippen molar-refractivity contribution in [3.63, 3.8) is 0 Å². The molecule has 0 atom stereocenters. The summed E-state index contributed by atoms with van der Waals surface area (Å²) in [6.07, 6.45) is 3.04. The van der Waals surface area contributed by atoms with Crippen molar-refractivity contribution in [1.82, 2.24) is 0 Å². The molecule has 2 nitrogen and oxygen atoms in total. The Labute approximate surface area is 103 Å². The lowest BCUT2D eigenvalue weighted by Gasteiger charge is -2.14. The Morgan fingerprint density at radius 3 is 2.65 bits per heavy atom. The summed E-state index contributed by atoms with van der Waals surface area (Å²) in [5.74, 6) is 1.85. The summed E-state index contributed by atoms with van der Waals surface area (Å²) in [5.41, 5.74) is 3.37. The van der Waals surface area contributed by atoms with Gasteiger partial charge in [0.1, 0.15) is 11.5 Å². The number of carbonyl (C=O) groups excluding carboxylic acids is 1. The highest BCUT2D eigenvalue weighted by Crippen LogP contribution is 2.32. The van der Waals surface area contributed by atoms with Crippen LogP contribution < -0.4 is 4.74 Å². The molecule has 2 heteroatoms. The van der Waals surface area contributed by atoms with E-state index >= 15 is 0 Å². The van der Waals surface area contributed by atoms with Gasteiger partial charge in [-0.25, -0.2) is 0 Å². The molecule has 2 rings (SSSR count). The minimum absolute atomic E-state index is 0.186. The lowest BCUT2D eigenvalue weighted by atomic mass is 10.0. The fourth-order valence-electron chi connectivity index (χ4n) is 2.13. The Hall–Kier alpha value is -1.31. The first-order chi connectivity index (χ1) is 8.06. The van der Waals surface area contributed by atoms with Crippen molar-refractivity contribution in [2.75, 3.05) is 6.61 Å². The number of ether oxygens (including phenoxy) is 1. The lowest BCUT2D eigenvalue weighted by molar-refractivity contribution is -0.116. The van der Waals surface area contributed by atoms with Crippen molar-refractivity contribution in [2.45, 2.75) is 40.0 Å². The first-order valence-electron chi connectivity index (χ1n) is 6.28. The Morgan fingerprint density at radius 2 is 2.06 bits per heavy atom. The van der Waals surface area contributed by atoms with Crippen molar-refractivity contribution in [1.29, 1.82) is 0 Å². The van der Waals surface area contributed by atoms with E-state index in [9.17, 15) is 4.79 Å². The monoisotopic (exact) mass is 232 g/mol. The normalized spacial score (nSPS) is 14.8. The maximum Gasteiger partial charge on any atom is 0.134 e. The Bertz CT molecular complexity index is 431. The fraction of sp³-hybridized carbons (Fsp3) is 0.533. The second kappa shape index (κ2) is 4.91. The summed E-state index contributed by atoms with van der Waals surface area (Å²) in [6, 6.07) is 4.18. The van der Waals surface area contributed by atoms with E-state index in [0.717, 1.165) is 29.4 Å². The second-order valence-corrected chi connectivity index (χ2v) is 5.20. The molecule has 0 aromatic heterocycles. The molecule has 0 amide bonds. The van der Waals surface area contributed by atoms with Crippen LogP contribution in [-0.2, 0) is 11.2 Å². The van der Waals surface area contributed by atoms with Crippen molar-refractivity contribution in [2.24, 2.45) is 5.92 Å². The number of hydrogen-bond acceptors (Lipinski definition) is 2. The van der Waals surface area contributed by atoms with E-state index < -0.39 is 0 Å². The topological polar surface area (TPSA) is 26.3 Å². The molecule has 92 valence electrons. The van der Waals surface area contributed by atoms with E-state index in [4.69, 9.17) is 4.74 Å². The third-order valence-electron chi connectivity index (χ3n) is 3.10. The largest absolute Gasteiger partial charge is 0.493 e. The summed E-state index contributed by atoms with van der Waals surface area (Å²) >= 11 is 0. The maximum atomic E-state index is 11.3. The van der Waals surface area contributed by atoms with Crippen LogP contribution in [0.5, 0.6) is 5.75 Å². The SMILES string of the molecule is CC(=O)Cc1cc(C)cc(C)c1OCC1CC1. The van der Waals surface area contributed by atoms with Gasteiger partial charge in [0.15, 0.2) is 0 Å². The molecule has 1 saturated carbocycles. The first-order valence-corrected chi connectivity index (χ1v) is 6.28. The zero-order valence-corrected chi connectivity index (χ0v) is 10.9. The average Bonchev–Trinajstić information content (AvgIpc) is 2.98. The van der Waals surface area contributed by atoms with Crippen molar-refractivity contribution in [3.8, 4) is 5.75 Å². The van der Waals surface area contributed by atoms with Gasteiger partial charge in [0.2, 0.25) is 0 Å². The van der Waals surface area contributed by atoms with Crippen LogP contribution in [0.4, 0.5) is 0 Å². The maximum absolute atomic E-state index is 11.3. The summed E-state index contributed by atoms with van der Waals surface area (Å²) < 4.78 is 5.90. The van der Waals surface area contributed by atoms with Gasteiger partial charge in [-0.15, -0.1) is 0 Å². The van der Waals surface area contributed by atoms with Gasteiger partial charge in [-0.1, -0.05) is 17.7 Å². The van der Waals surface area contributed by atoms with E-state index in [-0.39, 0.29) is 5.78 Å².